The summed E-state index contributed by atoms with van der Waals surface area (Å²) in [5.41, 5.74) is 2.36. The second kappa shape index (κ2) is 10.0. The zero-order valence-electron chi connectivity index (χ0n) is 18.3. The van der Waals surface area contributed by atoms with Crippen LogP contribution < -0.4 is 10.3 Å². The van der Waals surface area contributed by atoms with Crippen molar-refractivity contribution in [1.29, 1.82) is 0 Å². The predicted octanol–water partition coefficient (Wildman–Crippen LogP) is 4.70. The molecule has 2 heterocycles. The van der Waals surface area contributed by atoms with E-state index in [1.165, 1.54) is 11.8 Å². The number of aromatic nitrogens is 3. The van der Waals surface area contributed by atoms with Crippen molar-refractivity contribution in [2.45, 2.75) is 30.8 Å². The number of hydrogen-bond donors (Lipinski definition) is 0. The average Bonchev–Trinajstić information content (AvgIpc) is 3.20. The van der Waals surface area contributed by atoms with Gasteiger partial charge in [-0.2, -0.15) is 0 Å². The molecule has 0 fully saturated rings. The zero-order valence-corrected chi connectivity index (χ0v) is 19.1. The van der Waals surface area contributed by atoms with E-state index in [0.29, 0.717) is 40.9 Å². The van der Waals surface area contributed by atoms with Crippen LogP contribution in [0, 0.1) is 6.92 Å². The molecule has 0 bridgehead atoms. The standard InChI is InChI=1S/C24H25N3O4S/c1-16-21(25-22(31-16)17-9-11-18(30-3)12-10-17)15-32-24-26-20-8-5-4-7-19(20)23(28)27(24)13-6-14-29-2/h4-5,7-12H,6,13-15H2,1-3H3. The van der Waals surface area contributed by atoms with Crippen molar-refractivity contribution in [2.75, 3.05) is 20.8 Å². The first kappa shape index (κ1) is 22.1. The third-order valence-corrected chi connectivity index (χ3v) is 6.11. The molecule has 0 radical (unpaired) electrons. The fraction of sp³-hybridized carbons (Fsp3) is 0.292. The number of ether oxygens (including phenoxy) is 2. The lowest BCUT2D eigenvalue weighted by molar-refractivity contribution is 0.189. The molecule has 32 heavy (non-hydrogen) atoms. The molecule has 4 rings (SSSR count). The highest BCUT2D eigenvalue weighted by molar-refractivity contribution is 7.98. The van der Waals surface area contributed by atoms with Gasteiger partial charge in [0.05, 0.1) is 23.7 Å². The molecule has 0 amide bonds. The maximum absolute atomic E-state index is 13.1. The fourth-order valence-corrected chi connectivity index (χ4v) is 4.40. The quantitative estimate of drug-likeness (QED) is 0.207. The van der Waals surface area contributed by atoms with Crippen LogP contribution in [0.2, 0.25) is 0 Å². The largest absolute Gasteiger partial charge is 0.497 e. The van der Waals surface area contributed by atoms with Gasteiger partial charge in [0.15, 0.2) is 5.16 Å². The summed E-state index contributed by atoms with van der Waals surface area (Å²) in [6, 6.07) is 15.0. The Kier molecular flexibility index (Phi) is 6.92. The molecule has 2 aromatic heterocycles. The molecule has 0 unspecified atom stereocenters. The third-order valence-electron chi connectivity index (χ3n) is 5.12. The Balaban J connectivity index is 1.60. The van der Waals surface area contributed by atoms with Crippen molar-refractivity contribution >= 4 is 22.7 Å². The number of benzene rings is 2. The van der Waals surface area contributed by atoms with Crippen molar-refractivity contribution in [3.63, 3.8) is 0 Å². The van der Waals surface area contributed by atoms with Gasteiger partial charge in [-0.3, -0.25) is 9.36 Å². The third kappa shape index (κ3) is 4.71. The van der Waals surface area contributed by atoms with E-state index in [9.17, 15) is 4.79 Å². The van der Waals surface area contributed by atoms with Gasteiger partial charge in [-0.25, -0.2) is 9.97 Å². The van der Waals surface area contributed by atoms with E-state index < -0.39 is 0 Å². The molecule has 0 saturated carbocycles. The van der Waals surface area contributed by atoms with Crippen molar-refractivity contribution < 1.29 is 13.9 Å². The van der Waals surface area contributed by atoms with Gasteiger partial charge in [0.2, 0.25) is 5.89 Å². The fourth-order valence-electron chi connectivity index (χ4n) is 3.37. The Morgan fingerprint density at radius 3 is 2.59 bits per heavy atom. The molecule has 0 spiro atoms. The Hall–Kier alpha value is -3.10. The van der Waals surface area contributed by atoms with Gasteiger partial charge in [-0.15, -0.1) is 0 Å². The first-order valence-corrected chi connectivity index (χ1v) is 11.3. The number of rotatable bonds is 9. The second-order valence-corrected chi connectivity index (χ2v) is 8.20. The van der Waals surface area contributed by atoms with Crippen molar-refractivity contribution in [2.24, 2.45) is 0 Å². The van der Waals surface area contributed by atoms with Gasteiger partial charge in [0.25, 0.3) is 5.56 Å². The first-order valence-electron chi connectivity index (χ1n) is 10.3. The van der Waals surface area contributed by atoms with E-state index in [4.69, 9.17) is 18.9 Å². The number of fused-ring (bicyclic) bond motifs is 1. The molecule has 4 aromatic rings. The van der Waals surface area contributed by atoms with Gasteiger partial charge in [-0.1, -0.05) is 23.9 Å². The smallest absolute Gasteiger partial charge is 0.262 e. The van der Waals surface area contributed by atoms with Crippen LogP contribution in [0.4, 0.5) is 0 Å². The molecule has 0 N–H and O–H groups in total. The summed E-state index contributed by atoms with van der Waals surface area (Å²) in [6.07, 6.45) is 0.731. The van der Waals surface area contributed by atoms with Crippen LogP contribution in [-0.4, -0.2) is 35.4 Å². The summed E-state index contributed by atoms with van der Waals surface area (Å²) in [4.78, 5) is 22.5. The van der Waals surface area contributed by atoms with Gasteiger partial charge in [0.1, 0.15) is 11.5 Å². The van der Waals surface area contributed by atoms with E-state index in [0.717, 1.165) is 29.2 Å². The molecular formula is C24H25N3O4S. The number of thioether (sulfide) groups is 1. The minimum absolute atomic E-state index is 0.0370. The van der Waals surface area contributed by atoms with Crippen LogP contribution >= 0.6 is 11.8 Å². The molecule has 0 atom stereocenters. The number of methoxy groups -OCH3 is 2. The van der Waals surface area contributed by atoms with E-state index in [1.54, 1.807) is 18.8 Å². The van der Waals surface area contributed by atoms with Crippen LogP contribution in [0.15, 0.2) is 62.9 Å². The molecule has 0 aliphatic carbocycles. The van der Waals surface area contributed by atoms with Crippen LogP contribution in [0.3, 0.4) is 0 Å². The predicted molar refractivity (Wildman–Crippen MR) is 125 cm³/mol. The molecule has 7 nitrogen and oxygen atoms in total. The van der Waals surface area contributed by atoms with Crippen molar-refractivity contribution in [3.05, 3.63) is 70.3 Å². The molecule has 0 aliphatic rings. The number of para-hydroxylation sites is 1. The van der Waals surface area contributed by atoms with Crippen LogP contribution in [0.5, 0.6) is 5.75 Å². The molecule has 0 aliphatic heterocycles. The molecule has 8 heteroatoms. The summed E-state index contributed by atoms with van der Waals surface area (Å²) >= 11 is 1.48. The molecule has 166 valence electrons. The molecule has 2 aromatic carbocycles. The summed E-state index contributed by atoms with van der Waals surface area (Å²) < 4.78 is 18.0. The maximum atomic E-state index is 13.1. The summed E-state index contributed by atoms with van der Waals surface area (Å²) in [6.45, 7) is 3.02. The Bertz CT molecular complexity index is 1260. The maximum Gasteiger partial charge on any atom is 0.262 e. The first-order chi connectivity index (χ1) is 15.6. The lowest BCUT2D eigenvalue weighted by Crippen LogP contribution is -2.24. The molecule has 0 saturated heterocycles. The minimum Gasteiger partial charge on any atom is -0.497 e. The summed E-state index contributed by atoms with van der Waals surface area (Å²) in [5, 5.41) is 1.28. The van der Waals surface area contributed by atoms with Gasteiger partial charge in [-0.05, 0) is 49.7 Å². The number of hydrogen-bond acceptors (Lipinski definition) is 7. The van der Waals surface area contributed by atoms with E-state index in [-0.39, 0.29) is 5.56 Å². The van der Waals surface area contributed by atoms with Crippen LogP contribution in [-0.2, 0) is 17.0 Å². The van der Waals surface area contributed by atoms with Gasteiger partial charge >= 0.3 is 0 Å². The Morgan fingerprint density at radius 2 is 1.84 bits per heavy atom. The number of nitrogens with zero attached hydrogens (tertiary/aromatic N) is 3. The zero-order chi connectivity index (χ0) is 22.5. The Labute approximate surface area is 190 Å². The lowest BCUT2D eigenvalue weighted by atomic mass is 10.2. The normalized spacial score (nSPS) is 11.2. The highest BCUT2D eigenvalue weighted by Gasteiger charge is 2.15. The van der Waals surface area contributed by atoms with Crippen molar-refractivity contribution in [1.82, 2.24) is 14.5 Å². The van der Waals surface area contributed by atoms with E-state index in [1.807, 2.05) is 55.5 Å². The summed E-state index contributed by atoms with van der Waals surface area (Å²) in [5.74, 6) is 2.63. The second-order valence-electron chi connectivity index (χ2n) is 7.25. The molecular weight excluding hydrogens is 426 g/mol. The van der Waals surface area contributed by atoms with Crippen LogP contribution in [0.1, 0.15) is 17.9 Å². The van der Waals surface area contributed by atoms with E-state index in [2.05, 4.69) is 4.98 Å². The van der Waals surface area contributed by atoms with Crippen LogP contribution in [0.25, 0.3) is 22.4 Å². The minimum atomic E-state index is -0.0370. The number of oxazole rings is 1. The monoisotopic (exact) mass is 451 g/mol. The topological polar surface area (TPSA) is 79.4 Å². The highest BCUT2D eigenvalue weighted by atomic mass is 32.2. The average molecular weight is 452 g/mol. The highest BCUT2D eigenvalue weighted by Crippen LogP contribution is 2.28. The Morgan fingerprint density at radius 1 is 1.06 bits per heavy atom. The van der Waals surface area contributed by atoms with E-state index >= 15 is 0 Å². The van der Waals surface area contributed by atoms with Crippen molar-refractivity contribution in [3.8, 4) is 17.2 Å². The van der Waals surface area contributed by atoms with Gasteiger partial charge in [0, 0.05) is 31.6 Å². The lowest BCUT2D eigenvalue weighted by Gasteiger charge is -2.12. The summed E-state index contributed by atoms with van der Waals surface area (Å²) in [7, 11) is 3.29. The number of aryl methyl sites for hydroxylation is 1. The SMILES string of the molecule is COCCCn1c(SCc2nc(-c3ccc(OC)cc3)oc2C)nc2ccccc2c1=O. The van der Waals surface area contributed by atoms with Gasteiger partial charge < -0.3 is 13.9 Å².